The minimum absolute atomic E-state index is 0.133. The van der Waals surface area contributed by atoms with E-state index >= 15 is 0 Å². The van der Waals surface area contributed by atoms with Gasteiger partial charge >= 0.3 is 5.97 Å². The van der Waals surface area contributed by atoms with Crippen molar-refractivity contribution in [2.75, 3.05) is 0 Å². The summed E-state index contributed by atoms with van der Waals surface area (Å²) in [6.45, 7) is 0. The van der Waals surface area contributed by atoms with E-state index in [4.69, 9.17) is 9.98 Å². The van der Waals surface area contributed by atoms with E-state index in [1.54, 1.807) is 12.1 Å². The highest BCUT2D eigenvalue weighted by Gasteiger charge is 2.38. The van der Waals surface area contributed by atoms with E-state index < -0.39 is 11.5 Å². The van der Waals surface area contributed by atoms with Crippen molar-refractivity contribution in [3.8, 4) is 0 Å². The number of benzene rings is 1. The van der Waals surface area contributed by atoms with Crippen molar-refractivity contribution in [2.45, 2.75) is 24.4 Å². The summed E-state index contributed by atoms with van der Waals surface area (Å²) in [7, 11) is 0. The average Bonchev–Trinajstić information content (AvgIpc) is 3.59. The van der Waals surface area contributed by atoms with Crippen LogP contribution in [-0.4, -0.2) is 33.5 Å². The van der Waals surface area contributed by atoms with Gasteiger partial charge in [-0.3, -0.25) is 5.32 Å². The summed E-state index contributed by atoms with van der Waals surface area (Å²) in [5, 5.41) is 15.1. The van der Waals surface area contributed by atoms with E-state index in [1.165, 1.54) is 0 Å². The number of H-pyrrole nitrogens is 1. The van der Waals surface area contributed by atoms with Crippen LogP contribution >= 0.6 is 0 Å². The molecule has 4 aliphatic heterocycles. The van der Waals surface area contributed by atoms with Crippen molar-refractivity contribution in [2.24, 2.45) is 9.98 Å². The maximum absolute atomic E-state index is 11.3. The third-order valence-electron chi connectivity index (χ3n) is 6.41. The third kappa shape index (κ3) is 3.75. The molecule has 2 unspecified atom stereocenters. The minimum Gasteiger partial charge on any atom is -0.478 e. The van der Waals surface area contributed by atoms with E-state index in [2.05, 4.69) is 22.5 Å². The summed E-state index contributed by atoms with van der Waals surface area (Å²) < 4.78 is 0. The molecule has 6 nitrogen and oxygen atoms in total. The molecule has 6 heteroatoms. The molecule has 6 rings (SSSR count). The lowest BCUT2D eigenvalue weighted by Gasteiger charge is -2.28. The molecule has 0 radical (unpaired) electrons. The summed E-state index contributed by atoms with van der Waals surface area (Å²) >= 11 is 0. The quantitative estimate of drug-likeness (QED) is 0.679. The first-order valence-corrected chi connectivity index (χ1v) is 11.0. The van der Waals surface area contributed by atoms with E-state index in [9.17, 15) is 9.90 Å². The van der Waals surface area contributed by atoms with Crippen LogP contribution in [-0.2, 0) is 5.54 Å². The number of hydrogen-bond acceptors (Lipinski definition) is 4. The maximum atomic E-state index is 11.3. The van der Waals surface area contributed by atoms with E-state index in [0.717, 1.165) is 51.9 Å². The molecule has 1 aromatic carbocycles. The molecule has 5 heterocycles. The minimum atomic E-state index is -0.924. The monoisotopic (exact) mass is 434 g/mol. The number of aromatic amines is 1. The molecule has 1 aromatic heterocycles. The first-order chi connectivity index (χ1) is 16.0. The summed E-state index contributed by atoms with van der Waals surface area (Å²) in [6, 6.07) is 11.3. The van der Waals surface area contributed by atoms with Crippen LogP contribution in [0.1, 0.15) is 28.8 Å². The largest absolute Gasteiger partial charge is 0.478 e. The van der Waals surface area contributed by atoms with Crippen LogP contribution in [0.2, 0.25) is 0 Å². The lowest BCUT2D eigenvalue weighted by molar-refractivity contribution is 0.0697. The molecular weight excluding hydrogens is 412 g/mol. The maximum Gasteiger partial charge on any atom is 0.335 e. The summed E-state index contributed by atoms with van der Waals surface area (Å²) in [6.07, 6.45) is 18.3. The van der Waals surface area contributed by atoms with Crippen molar-refractivity contribution in [1.29, 1.82) is 0 Å². The van der Waals surface area contributed by atoms with Gasteiger partial charge in [0.05, 0.1) is 33.9 Å². The lowest BCUT2D eigenvalue weighted by atomic mass is 9.87. The van der Waals surface area contributed by atoms with Crippen molar-refractivity contribution in [1.82, 2.24) is 10.3 Å². The van der Waals surface area contributed by atoms with Crippen LogP contribution in [0.25, 0.3) is 12.2 Å². The SMILES string of the molecule is O=C(O)c1ccc(C23/C=C4/C=CC(=N4)/C=c4/cc/c([nH]4)=C/C4=NC(=C\C(CC2)N3)/C=C4)cc1. The molecule has 2 atom stereocenters. The van der Waals surface area contributed by atoms with Gasteiger partial charge in [0.2, 0.25) is 0 Å². The fraction of sp³-hybridized carbons (Fsp3) is 0.148. The van der Waals surface area contributed by atoms with Crippen LogP contribution in [0.4, 0.5) is 0 Å². The topological polar surface area (TPSA) is 89.8 Å². The zero-order valence-corrected chi connectivity index (χ0v) is 17.8. The number of carbonyl (C=O) groups is 1. The molecule has 0 saturated carbocycles. The van der Waals surface area contributed by atoms with Crippen molar-refractivity contribution >= 4 is 29.5 Å². The zero-order valence-electron chi connectivity index (χ0n) is 17.8. The number of allylic oxidation sites excluding steroid dienone is 4. The zero-order chi connectivity index (χ0) is 22.4. The third-order valence-corrected chi connectivity index (χ3v) is 6.41. The van der Waals surface area contributed by atoms with Gasteiger partial charge in [0.15, 0.2) is 0 Å². The van der Waals surface area contributed by atoms with Crippen LogP contribution in [0.15, 0.2) is 94.2 Å². The van der Waals surface area contributed by atoms with Crippen molar-refractivity contribution in [3.05, 3.63) is 106 Å². The second-order valence-corrected chi connectivity index (χ2v) is 8.70. The van der Waals surface area contributed by atoms with E-state index in [-0.39, 0.29) is 11.6 Å². The van der Waals surface area contributed by atoms with Gasteiger partial charge in [-0.15, -0.1) is 0 Å². The standard InChI is InChI=1S/C27H22N4O2/c32-26(33)17-1-3-18(4-2-17)27-12-11-24(31-27)15-23-8-7-20(29-23)13-19-5-6-21(28-19)14-22-9-10-25(16-27)30-22/h1-10,13-16,24,28,31H,11-12H2,(H,32,33)/b19-13-,21-14-,23-15-,25-16-. The van der Waals surface area contributed by atoms with E-state index in [1.807, 2.05) is 60.7 Å². The molecular formula is C27H22N4O2. The first-order valence-electron chi connectivity index (χ1n) is 11.0. The van der Waals surface area contributed by atoms with Gasteiger partial charge in [-0.1, -0.05) is 12.1 Å². The summed E-state index contributed by atoms with van der Waals surface area (Å²) in [4.78, 5) is 24.3. The number of nitrogens with one attached hydrogen (secondary N) is 2. The number of aromatic nitrogens is 1. The fourth-order valence-corrected chi connectivity index (χ4v) is 4.82. The smallest absolute Gasteiger partial charge is 0.335 e. The Labute approximate surface area is 190 Å². The average molecular weight is 434 g/mol. The Bertz CT molecular complexity index is 1460. The Morgan fingerprint density at radius 1 is 0.909 bits per heavy atom. The van der Waals surface area contributed by atoms with Gasteiger partial charge in [0.1, 0.15) is 0 Å². The Morgan fingerprint density at radius 3 is 2.27 bits per heavy atom. The molecule has 2 aromatic rings. The molecule has 3 N–H and O–H groups in total. The highest BCUT2D eigenvalue weighted by Crippen LogP contribution is 2.38. The normalized spacial score (nSPS) is 30.2. The molecule has 8 bridgehead atoms. The second kappa shape index (κ2) is 7.53. The van der Waals surface area contributed by atoms with Crippen molar-refractivity contribution < 1.29 is 9.90 Å². The molecule has 162 valence electrons. The van der Waals surface area contributed by atoms with Gasteiger partial charge in [0, 0.05) is 16.7 Å². The fourth-order valence-electron chi connectivity index (χ4n) is 4.82. The number of fused-ring (bicyclic) bond motifs is 6. The van der Waals surface area contributed by atoms with Gasteiger partial charge in [-0.25, -0.2) is 14.8 Å². The number of carboxylic acid groups (broad SMARTS) is 1. The molecule has 0 amide bonds. The van der Waals surface area contributed by atoms with Gasteiger partial charge in [0.25, 0.3) is 0 Å². The second-order valence-electron chi connectivity index (χ2n) is 8.70. The number of nitrogens with zero attached hydrogens (tertiary/aromatic N) is 2. The van der Waals surface area contributed by atoms with E-state index in [0.29, 0.717) is 0 Å². The van der Waals surface area contributed by atoms with Crippen LogP contribution in [0, 0.1) is 0 Å². The first kappa shape index (κ1) is 19.6. The van der Waals surface area contributed by atoms with Crippen LogP contribution < -0.4 is 16.0 Å². The molecule has 1 saturated heterocycles. The highest BCUT2D eigenvalue weighted by atomic mass is 16.4. The Morgan fingerprint density at radius 2 is 1.58 bits per heavy atom. The summed E-state index contributed by atoms with van der Waals surface area (Å²) in [5.41, 5.74) is 4.48. The molecule has 4 aliphatic rings. The van der Waals surface area contributed by atoms with Gasteiger partial charge < -0.3 is 10.1 Å². The van der Waals surface area contributed by atoms with Crippen molar-refractivity contribution in [3.63, 3.8) is 0 Å². The number of hydrogen-bond donors (Lipinski definition) is 3. The number of rotatable bonds is 2. The highest BCUT2D eigenvalue weighted by molar-refractivity contribution is 6.20. The molecule has 33 heavy (non-hydrogen) atoms. The summed E-state index contributed by atoms with van der Waals surface area (Å²) in [5.74, 6) is -0.924. The van der Waals surface area contributed by atoms with Gasteiger partial charge in [-0.05, 0) is 91.3 Å². The van der Waals surface area contributed by atoms with Crippen LogP contribution in [0.3, 0.4) is 0 Å². The number of aliphatic imine (C=N–C) groups is 2. The number of aromatic carboxylic acids is 1. The molecule has 0 aliphatic carbocycles. The molecule has 1 fully saturated rings. The Kier molecular flexibility index (Phi) is 4.48. The number of carboxylic acids is 1. The van der Waals surface area contributed by atoms with Gasteiger partial charge in [-0.2, -0.15) is 0 Å². The van der Waals surface area contributed by atoms with Crippen LogP contribution in [0.5, 0.6) is 0 Å². The molecule has 0 spiro atoms. The lowest BCUT2D eigenvalue weighted by Crippen LogP contribution is -2.38. The predicted octanol–water partition coefficient (Wildman–Crippen LogP) is 2.72. The predicted molar refractivity (Wildman–Crippen MR) is 130 cm³/mol. The Hall–Kier alpha value is -4.03. The Balaban J connectivity index is 1.49.